The van der Waals surface area contributed by atoms with E-state index in [0.29, 0.717) is 17.4 Å². The van der Waals surface area contributed by atoms with Gasteiger partial charge in [0, 0.05) is 11.5 Å². The molecular formula is C15H25NO5. The quantitative estimate of drug-likeness (QED) is 0.274. The molecule has 4 unspecified atom stereocenters. The van der Waals surface area contributed by atoms with Gasteiger partial charge in [0.1, 0.15) is 0 Å². The summed E-state index contributed by atoms with van der Waals surface area (Å²) in [4.78, 5) is 12.0. The molecule has 120 valence electrons. The van der Waals surface area contributed by atoms with Gasteiger partial charge in [-0.2, -0.15) is 0 Å². The van der Waals surface area contributed by atoms with Gasteiger partial charge in [0.25, 0.3) is 5.91 Å². The highest BCUT2D eigenvalue weighted by molar-refractivity contribution is 5.89. The molecule has 6 nitrogen and oxygen atoms in total. The van der Waals surface area contributed by atoms with Crippen LogP contribution >= 0.6 is 0 Å². The van der Waals surface area contributed by atoms with E-state index in [2.05, 4.69) is 13.5 Å². The lowest BCUT2D eigenvalue weighted by Gasteiger charge is -2.51. The van der Waals surface area contributed by atoms with Crippen molar-refractivity contribution >= 4 is 5.97 Å². The Morgan fingerprint density at radius 3 is 2.57 bits per heavy atom. The topological polar surface area (TPSA) is 102 Å². The largest absolute Gasteiger partial charge is 0.415 e. The molecule has 0 spiro atoms. The van der Waals surface area contributed by atoms with Gasteiger partial charge in [-0.25, -0.2) is 4.79 Å². The van der Waals surface area contributed by atoms with Crippen molar-refractivity contribution in [1.29, 1.82) is 0 Å². The van der Waals surface area contributed by atoms with Gasteiger partial charge in [0.15, 0.2) is 0 Å². The molecule has 0 aromatic heterocycles. The summed E-state index contributed by atoms with van der Waals surface area (Å²) in [6.45, 7) is 8.20. The zero-order valence-corrected chi connectivity index (χ0v) is 12.6. The second kappa shape index (κ2) is 6.04. The van der Waals surface area contributed by atoms with Crippen LogP contribution in [-0.4, -0.2) is 28.5 Å². The standard InChI is InChI=1S/C15H23NO3.H2O2/c1-8-4-6-12-10(3)14(17)19-15(16)13(12)11(8)7-5-9(2)18-15;1-2/h8-9,11-13H,3-7,16H2,1-2H3;1-2H/t8-,9?,11+,12?,13?,15?;/m1./s1. The summed E-state index contributed by atoms with van der Waals surface area (Å²) < 4.78 is 11.3. The molecule has 0 aromatic rings. The molecule has 1 saturated carbocycles. The highest BCUT2D eigenvalue weighted by Crippen LogP contribution is 2.53. The number of carbonyl (C=O) groups is 1. The number of rotatable bonds is 0. The van der Waals surface area contributed by atoms with Crippen molar-refractivity contribution in [2.45, 2.75) is 51.5 Å². The van der Waals surface area contributed by atoms with Crippen molar-refractivity contribution in [1.82, 2.24) is 0 Å². The van der Waals surface area contributed by atoms with Crippen LogP contribution in [0.25, 0.3) is 0 Å². The van der Waals surface area contributed by atoms with Crippen LogP contribution in [-0.2, 0) is 14.3 Å². The Kier molecular flexibility index (Phi) is 4.72. The molecule has 21 heavy (non-hydrogen) atoms. The molecule has 6 atom stereocenters. The zero-order valence-electron chi connectivity index (χ0n) is 12.6. The smallest absolute Gasteiger partial charge is 0.337 e. The first kappa shape index (κ1) is 16.4. The van der Waals surface area contributed by atoms with Gasteiger partial charge < -0.3 is 9.47 Å². The fraction of sp³-hybridized carbons (Fsp3) is 0.800. The first-order chi connectivity index (χ1) is 9.92. The van der Waals surface area contributed by atoms with Crippen LogP contribution in [0.4, 0.5) is 0 Å². The Morgan fingerprint density at radius 2 is 1.90 bits per heavy atom. The average Bonchev–Trinajstić information content (AvgIpc) is 2.58. The second-order valence-electron chi connectivity index (χ2n) is 6.49. The lowest BCUT2D eigenvalue weighted by Crippen LogP contribution is -2.63. The number of nitrogens with two attached hydrogens (primary N) is 1. The van der Waals surface area contributed by atoms with E-state index in [1.165, 1.54) is 0 Å². The first-order valence-electron chi connectivity index (χ1n) is 7.51. The van der Waals surface area contributed by atoms with Gasteiger partial charge in [0.2, 0.25) is 0 Å². The fourth-order valence-electron chi connectivity index (χ4n) is 4.26. The lowest BCUT2D eigenvalue weighted by atomic mass is 9.61. The van der Waals surface area contributed by atoms with E-state index in [0.717, 1.165) is 25.7 Å². The molecule has 0 bridgehead atoms. The van der Waals surface area contributed by atoms with Crippen molar-refractivity contribution in [2.75, 3.05) is 0 Å². The maximum atomic E-state index is 12.0. The molecule has 0 radical (unpaired) electrons. The van der Waals surface area contributed by atoms with Crippen molar-refractivity contribution in [3.05, 3.63) is 12.2 Å². The minimum absolute atomic E-state index is 0.0302. The monoisotopic (exact) mass is 299 g/mol. The van der Waals surface area contributed by atoms with Gasteiger partial charge in [0.05, 0.1) is 12.0 Å². The highest BCUT2D eigenvalue weighted by Gasteiger charge is 2.58. The van der Waals surface area contributed by atoms with E-state index < -0.39 is 5.91 Å². The molecule has 3 rings (SSSR count). The third-order valence-corrected chi connectivity index (χ3v) is 5.28. The van der Waals surface area contributed by atoms with E-state index >= 15 is 0 Å². The maximum absolute atomic E-state index is 12.0. The van der Waals surface area contributed by atoms with Crippen molar-refractivity contribution in [3.63, 3.8) is 0 Å². The average molecular weight is 299 g/mol. The first-order valence-corrected chi connectivity index (χ1v) is 7.51. The Hall–Kier alpha value is -0.950. The molecule has 3 fully saturated rings. The summed E-state index contributed by atoms with van der Waals surface area (Å²) in [7, 11) is 0. The van der Waals surface area contributed by atoms with Crippen molar-refractivity contribution < 1.29 is 24.8 Å². The molecule has 2 saturated heterocycles. The van der Waals surface area contributed by atoms with Gasteiger partial charge in [-0.15, -0.1) is 0 Å². The Balaban J connectivity index is 0.000000774. The van der Waals surface area contributed by atoms with Crippen LogP contribution in [0.2, 0.25) is 0 Å². The van der Waals surface area contributed by atoms with Crippen LogP contribution in [0.15, 0.2) is 12.2 Å². The predicted molar refractivity (Wildman–Crippen MR) is 76.1 cm³/mol. The Labute approximate surface area is 124 Å². The van der Waals surface area contributed by atoms with Gasteiger partial charge in [-0.05, 0) is 44.4 Å². The zero-order chi connectivity index (χ0) is 15.8. The molecule has 6 heteroatoms. The normalized spacial score (nSPS) is 45.7. The summed E-state index contributed by atoms with van der Waals surface area (Å²) in [5, 5.41) is 12.0. The van der Waals surface area contributed by atoms with Crippen LogP contribution in [0, 0.1) is 23.7 Å². The molecule has 0 aromatic carbocycles. The van der Waals surface area contributed by atoms with Crippen LogP contribution in [0.3, 0.4) is 0 Å². The second-order valence-corrected chi connectivity index (χ2v) is 6.49. The maximum Gasteiger partial charge on any atom is 0.337 e. The van der Waals surface area contributed by atoms with E-state index in [1.807, 2.05) is 6.92 Å². The number of carbonyl (C=O) groups excluding carboxylic acids is 1. The van der Waals surface area contributed by atoms with Gasteiger partial charge >= 0.3 is 5.97 Å². The minimum atomic E-state index is -1.25. The lowest BCUT2D eigenvalue weighted by molar-refractivity contribution is -0.288. The number of hydrogen-bond acceptors (Lipinski definition) is 6. The SMILES string of the molecule is C=C1C(=O)OC2(N)OC(C)CC[C@@H]3C2C1CC[C@H]3C.OO. The predicted octanol–water partition coefficient (Wildman–Crippen LogP) is 2.21. The summed E-state index contributed by atoms with van der Waals surface area (Å²) in [5.74, 6) is -0.394. The van der Waals surface area contributed by atoms with Crippen molar-refractivity contribution in [3.8, 4) is 0 Å². The molecule has 0 amide bonds. The number of ether oxygens (including phenoxy) is 2. The Bertz CT molecular complexity index is 426. The van der Waals surface area contributed by atoms with E-state index in [4.69, 9.17) is 25.7 Å². The third kappa shape index (κ3) is 2.73. The molecular weight excluding hydrogens is 274 g/mol. The number of hydrogen-bond donors (Lipinski definition) is 3. The van der Waals surface area contributed by atoms with E-state index in [9.17, 15) is 4.79 Å². The minimum Gasteiger partial charge on any atom is -0.415 e. The molecule has 1 aliphatic carbocycles. The van der Waals surface area contributed by atoms with Crippen molar-refractivity contribution in [2.24, 2.45) is 29.4 Å². The Morgan fingerprint density at radius 1 is 1.24 bits per heavy atom. The molecule has 4 N–H and O–H groups in total. The molecule has 2 aliphatic heterocycles. The van der Waals surface area contributed by atoms with E-state index in [1.54, 1.807) is 0 Å². The highest BCUT2D eigenvalue weighted by atomic mass is 17.0. The van der Waals surface area contributed by atoms with Gasteiger partial charge in [-0.3, -0.25) is 16.2 Å². The summed E-state index contributed by atoms with van der Waals surface area (Å²) in [6, 6.07) is 0. The van der Waals surface area contributed by atoms with Gasteiger partial charge in [-0.1, -0.05) is 13.5 Å². The van der Waals surface area contributed by atoms with E-state index in [-0.39, 0.29) is 23.9 Å². The van der Waals surface area contributed by atoms with Crippen LogP contribution in [0.1, 0.15) is 39.5 Å². The number of esters is 1. The fourth-order valence-corrected chi connectivity index (χ4v) is 4.26. The summed E-state index contributed by atoms with van der Waals surface area (Å²) in [5.41, 5.74) is 6.94. The molecule has 3 aliphatic rings. The molecule has 2 heterocycles. The van der Waals surface area contributed by atoms with Crippen LogP contribution < -0.4 is 5.73 Å². The summed E-state index contributed by atoms with van der Waals surface area (Å²) in [6.07, 6.45) is 4.19. The summed E-state index contributed by atoms with van der Waals surface area (Å²) >= 11 is 0. The third-order valence-electron chi connectivity index (χ3n) is 5.28. The van der Waals surface area contributed by atoms with Crippen LogP contribution in [0.5, 0.6) is 0 Å².